The van der Waals surface area contributed by atoms with Crippen LogP contribution in [-0.4, -0.2) is 18.9 Å². The summed E-state index contributed by atoms with van der Waals surface area (Å²) >= 11 is 1.40. The van der Waals surface area contributed by atoms with Crippen LogP contribution in [0.1, 0.15) is 31.2 Å². The highest BCUT2D eigenvalue weighted by molar-refractivity contribution is 7.12. The van der Waals surface area contributed by atoms with Crippen molar-refractivity contribution >= 4 is 34.5 Å². The Kier molecular flexibility index (Phi) is 5.57. The van der Waals surface area contributed by atoms with Gasteiger partial charge in [0.25, 0.3) is 11.8 Å². The van der Waals surface area contributed by atoms with Crippen LogP contribution in [0.15, 0.2) is 53.9 Å². The number of methoxy groups -OCH3 is 1. The highest BCUT2D eigenvalue weighted by Crippen LogP contribution is 2.22. The van der Waals surface area contributed by atoms with E-state index in [1.807, 2.05) is 31.4 Å². The van der Waals surface area contributed by atoms with Crippen LogP contribution in [0, 0.1) is 13.8 Å². The fourth-order valence-corrected chi connectivity index (χ4v) is 3.38. The molecule has 5 nitrogen and oxygen atoms in total. The molecule has 27 heavy (non-hydrogen) atoms. The van der Waals surface area contributed by atoms with Crippen molar-refractivity contribution in [2.45, 2.75) is 13.8 Å². The van der Waals surface area contributed by atoms with E-state index in [0.29, 0.717) is 21.8 Å². The van der Waals surface area contributed by atoms with E-state index < -0.39 is 0 Å². The molecule has 3 aromatic rings. The Morgan fingerprint density at radius 1 is 0.889 bits per heavy atom. The van der Waals surface area contributed by atoms with Crippen molar-refractivity contribution in [3.8, 4) is 5.75 Å². The minimum absolute atomic E-state index is 0.168. The lowest BCUT2D eigenvalue weighted by molar-refractivity contribution is 0.101. The van der Waals surface area contributed by atoms with Crippen LogP contribution in [0.4, 0.5) is 11.4 Å². The van der Waals surface area contributed by atoms with Crippen LogP contribution in [0.2, 0.25) is 0 Å². The summed E-state index contributed by atoms with van der Waals surface area (Å²) in [5.41, 5.74) is 3.58. The highest BCUT2D eigenvalue weighted by atomic mass is 32.1. The number of thiophene rings is 1. The van der Waals surface area contributed by atoms with Gasteiger partial charge in [0.2, 0.25) is 0 Å². The monoisotopic (exact) mass is 380 g/mol. The molecule has 3 rings (SSSR count). The summed E-state index contributed by atoms with van der Waals surface area (Å²) in [4.78, 5) is 25.7. The third kappa shape index (κ3) is 4.35. The molecule has 0 aliphatic carbocycles. The number of hydrogen-bond donors (Lipinski definition) is 2. The molecule has 2 N–H and O–H groups in total. The molecule has 0 saturated heterocycles. The Morgan fingerprint density at radius 2 is 1.63 bits per heavy atom. The summed E-state index contributed by atoms with van der Waals surface area (Å²) < 4.78 is 5.11. The van der Waals surface area contributed by atoms with Crippen molar-refractivity contribution in [1.82, 2.24) is 0 Å². The topological polar surface area (TPSA) is 67.4 Å². The van der Waals surface area contributed by atoms with Crippen molar-refractivity contribution in [2.24, 2.45) is 0 Å². The first-order valence-corrected chi connectivity index (χ1v) is 9.27. The van der Waals surface area contributed by atoms with E-state index in [-0.39, 0.29) is 11.8 Å². The molecule has 1 aromatic heterocycles. The highest BCUT2D eigenvalue weighted by Gasteiger charge is 2.14. The zero-order valence-corrected chi connectivity index (χ0v) is 16.1. The van der Waals surface area contributed by atoms with E-state index >= 15 is 0 Å². The number of carbonyl (C=O) groups is 2. The first-order valence-electron chi connectivity index (χ1n) is 8.39. The largest absolute Gasteiger partial charge is 0.497 e. The second-order valence-corrected chi connectivity index (χ2v) is 7.02. The molecule has 0 bridgehead atoms. The van der Waals surface area contributed by atoms with Gasteiger partial charge in [-0.25, -0.2) is 0 Å². The maximum atomic E-state index is 12.5. The molecule has 2 amide bonds. The smallest absolute Gasteiger partial charge is 0.266 e. The van der Waals surface area contributed by atoms with Gasteiger partial charge in [0.05, 0.1) is 12.0 Å². The summed E-state index contributed by atoms with van der Waals surface area (Å²) in [6.07, 6.45) is 0. The van der Waals surface area contributed by atoms with Crippen LogP contribution in [0.5, 0.6) is 5.75 Å². The Labute approximate surface area is 162 Å². The van der Waals surface area contributed by atoms with Crippen LogP contribution in [0.25, 0.3) is 0 Å². The second kappa shape index (κ2) is 8.05. The fraction of sp³-hybridized carbons (Fsp3) is 0.143. The predicted molar refractivity (Wildman–Crippen MR) is 109 cm³/mol. The van der Waals surface area contributed by atoms with E-state index in [0.717, 1.165) is 16.9 Å². The summed E-state index contributed by atoms with van der Waals surface area (Å²) in [5.74, 6) is 0.304. The van der Waals surface area contributed by atoms with E-state index in [9.17, 15) is 9.59 Å². The number of nitrogens with one attached hydrogen (secondary N) is 2. The van der Waals surface area contributed by atoms with Gasteiger partial charge < -0.3 is 15.4 Å². The van der Waals surface area contributed by atoms with Crippen LogP contribution < -0.4 is 15.4 Å². The standard InChI is InChI=1S/C21H20N2O3S/c1-13-4-5-15(20(24)22-16-6-8-17(26-3)9-7-16)12-18(13)23-21(25)19-14(2)10-11-27-19/h4-12H,1-3H3,(H,22,24)(H,23,25). The average Bonchev–Trinajstić information content (AvgIpc) is 3.10. The molecule has 1 heterocycles. The van der Waals surface area contributed by atoms with Crippen molar-refractivity contribution in [1.29, 1.82) is 0 Å². The molecule has 0 atom stereocenters. The van der Waals surface area contributed by atoms with Gasteiger partial charge in [0.1, 0.15) is 5.75 Å². The third-order valence-electron chi connectivity index (χ3n) is 4.16. The zero-order valence-electron chi connectivity index (χ0n) is 15.3. The zero-order chi connectivity index (χ0) is 19.4. The molecular weight excluding hydrogens is 360 g/mol. The van der Waals surface area contributed by atoms with Gasteiger partial charge in [0, 0.05) is 16.9 Å². The Hall–Kier alpha value is -3.12. The minimum atomic E-state index is -0.247. The summed E-state index contributed by atoms with van der Waals surface area (Å²) in [6, 6.07) is 14.3. The van der Waals surface area contributed by atoms with Crippen molar-refractivity contribution in [3.63, 3.8) is 0 Å². The Morgan fingerprint density at radius 3 is 2.26 bits per heavy atom. The summed E-state index contributed by atoms with van der Waals surface area (Å²) in [6.45, 7) is 3.79. The molecule has 0 saturated carbocycles. The maximum Gasteiger partial charge on any atom is 0.266 e. The molecule has 0 fully saturated rings. The normalized spacial score (nSPS) is 10.3. The molecule has 6 heteroatoms. The number of aryl methyl sites for hydroxylation is 2. The Balaban J connectivity index is 1.76. The number of amides is 2. The fourth-order valence-electron chi connectivity index (χ4n) is 2.56. The first kappa shape index (κ1) is 18.7. The number of carbonyl (C=O) groups excluding carboxylic acids is 2. The van der Waals surface area contributed by atoms with Crippen molar-refractivity contribution < 1.29 is 14.3 Å². The molecule has 0 radical (unpaired) electrons. The lowest BCUT2D eigenvalue weighted by atomic mass is 10.1. The van der Waals surface area contributed by atoms with E-state index in [4.69, 9.17) is 4.74 Å². The lowest BCUT2D eigenvalue weighted by Crippen LogP contribution is -2.15. The Bertz CT molecular complexity index is 977. The van der Waals surface area contributed by atoms with Crippen molar-refractivity contribution in [3.05, 3.63) is 75.5 Å². The first-order chi connectivity index (χ1) is 13.0. The van der Waals surface area contributed by atoms with Gasteiger partial charge in [-0.1, -0.05) is 6.07 Å². The van der Waals surface area contributed by atoms with Gasteiger partial charge in [-0.15, -0.1) is 11.3 Å². The number of ether oxygens (including phenoxy) is 1. The van der Waals surface area contributed by atoms with Gasteiger partial charge in [-0.2, -0.15) is 0 Å². The van der Waals surface area contributed by atoms with E-state index in [2.05, 4.69) is 10.6 Å². The number of rotatable bonds is 5. The second-order valence-electron chi connectivity index (χ2n) is 6.10. The van der Waals surface area contributed by atoms with Gasteiger partial charge >= 0.3 is 0 Å². The molecule has 2 aromatic carbocycles. The molecular formula is C21H20N2O3S. The third-order valence-corrected chi connectivity index (χ3v) is 5.18. The summed E-state index contributed by atoms with van der Waals surface area (Å²) in [7, 11) is 1.59. The van der Waals surface area contributed by atoms with Gasteiger partial charge in [-0.3, -0.25) is 9.59 Å². The number of hydrogen-bond acceptors (Lipinski definition) is 4. The molecule has 0 aliphatic heterocycles. The minimum Gasteiger partial charge on any atom is -0.497 e. The lowest BCUT2D eigenvalue weighted by Gasteiger charge is -2.11. The van der Waals surface area contributed by atoms with Crippen LogP contribution in [0.3, 0.4) is 0 Å². The van der Waals surface area contributed by atoms with Gasteiger partial charge in [0.15, 0.2) is 0 Å². The maximum absolute atomic E-state index is 12.5. The van der Waals surface area contributed by atoms with E-state index in [1.54, 1.807) is 43.5 Å². The summed E-state index contributed by atoms with van der Waals surface area (Å²) in [5, 5.41) is 7.63. The molecule has 0 unspecified atom stereocenters. The van der Waals surface area contributed by atoms with Crippen LogP contribution >= 0.6 is 11.3 Å². The molecule has 0 spiro atoms. The van der Waals surface area contributed by atoms with Gasteiger partial charge in [-0.05, 0) is 72.8 Å². The number of benzene rings is 2. The number of anilines is 2. The predicted octanol–water partition coefficient (Wildman–Crippen LogP) is 4.88. The quantitative estimate of drug-likeness (QED) is 0.663. The molecule has 138 valence electrons. The molecule has 0 aliphatic rings. The van der Waals surface area contributed by atoms with Crippen molar-refractivity contribution in [2.75, 3.05) is 17.7 Å². The average molecular weight is 380 g/mol. The SMILES string of the molecule is COc1ccc(NC(=O)c2ccc(C)c(NC(=O)c3sccc3C)c2)cc1. The van der Waals surface area contributed by atoms with Crippen LogP contribution in [-0.2, 0) is 0 Å². The van der Waals surface area contributed by atoms with E-state index in [1.165, 1.54) is 11.3 Å².